The molecule has 1 aromatic carbocycles. The molecule has 0 aliphatic carbocycles. The van der Waals surface area contributed by atoms with Gasteiger partial charge in [-0.1, -0.05) is 18.1 Å². The van der Waals surface area contributed by atoms with Gasteiger partial charge in [0.15, 0.2) is 0 Å². The zero-order valence-electron chi connectivity index (χ0n) is 5.09. The van der Waals surface area contributed by atoms with Crippen molar-refractivity contribution in [2.75, 3.05) is 0 Å². The van der Waals surface area contributed by atoms with Gasteiger partial charge < -0.3 is 0 Å². The van der Waals surface area contributed by atoms with E-state index in [9.17, 15) is 0 Å². The van der Waals surface area contributed by atoms with Crippen LogP contribution in [0.4, 0.5) is 0 Å². The maximum Gasteiger partial charge on any atom is 0.0245 e. The topological polar surface area (TPSA) is 0 Å². The van der Waals surface area contributed by atoms with Gasteiger partial charge in [-0.25, -0.2) is 0 Å². The normalized spacial score (nSPS) is 8.44. The molecule has 43 valence electrons. The van der Waals surface area contributed by atoms with Crippen molar-refractivity contribution < 1.29 is 0 Å². The second-order valence-electron chi connectivity index (χ2n) is 1.84. The smallest absolute Gasteiger partial charge is 0.0245 e. The van der Waals surface area contributed by atoms with E-state index in [1.807, 2.05) is 24.3 Å². The summed E-state index contributed by atoms with van der Waals surface area (Å²) < 4.78 is 0. The molecule has 0 aliphatic rings. The highest BCUT2D eigenvalue weighted by molar-refractivity contribution is 5.36. The van der Waals surface area contributed by atoms with Crippen LogP contribution in [0.3, 0.4) is 0 Å². The minimum atomic E-state index is 0.891. The molecule has 0 atom stereocenters. The highest BCUT2D eigenvalue weighted by atomic mass is 13.9. The first-order valence-corrected chi connectivity index (χ1v) is 2.71. The van der Waals surface area contributed by atoms with Gasteiger partial charge in [-0.15, -0.1) is 6.42 Å². The SMILES string of the molecule is C#Cc1cccc([CH2])c1. The Labute approximate surface area is 55.5 Å². The van der Waals surface area contributed by atoms with E-state index in [4.69, 9.17) is 6.42 Å². The lowest BCUT2D eigenvalue weighted by atomic mass is 10.1. The second kappa shape index (κ2) is 2.37. The summed E-state index contributed by atoms with van der Waals surface area (Å²) in [6.45, 7) is 3.73. The molecule has 0 saturated carbocycles. The van der Waals surface area contributed by atoms with Crippen molar-refractivity contribution in [1.82, 2.24) is 0 Å². The fraction of sp³-hybridized carbons (Fsp3) is 0. The lowest BCUT2D eigenvalue weighted by molar-refractivity contribution is 1.58. The van der Waals surface area contributed by atoms with Crippen molar-refractivity contribution in [3.63, 3.8) is 0 Å². The summed E-state index contributed by atoms with van der Waals surface area (Å²) in [5, 5.41) is 0. The molecule has 1 radical (unpaired) electrons. The fourth-order valence-electron chi connectivity index (χ4n) is 0.661. The number of hydrogen-bond acceptors (Lipinski definition) is 0. The molecule has 0 spiro atoms. The molecule has 0 nitrogen and oxygen atoms in total. The average molecular weight is 115 g/mol. The summed E-state index contributed by atoms with van der Waals surface area (Å²) >= 11 is 0. The standard InChI is InChI=1S/C9H7/c1-3-9-6-4-5-8(2)7-9/h1,4-7H,2H2. The first-order valence-electron chi connectivity index (χ1n) is 2.71. The lowest BCUT2D eigenvalue weighted by Crippen LogP contribution is -1.73. The lowest BCUT2D eigenvalue weighted by Gasteiger charge is -1.90. The molecular formula is C9H7. The van der Waals surface area contributed by atoms with E-state index in [0.717, 1.165) is 11.1 Å². The van der Waals surface area contributed by atoms with Crippen LogP contribution in [0, 0.1) is 19.3 Å². The van der Waals surface area contributed by atoms with Crippen molar-refractivity contribution >= 4 is 0 Å². The average Bonchev–Trinajstić information content (AvgIpc) is 1.88. The van der Waals surface area contributed by atoms with Gasteiger partial charge in [-0.2, -0.15) is 0 Å². The fourth-order valence-corrected chi connectivity index (χ4v) is 0.661. The minimum absolute atomic E-state index is 0.891. The van der Waals surface area contributed by atoms with Crippen LogP contribution in [-0.4, -0.2) is 0 Å². The first kappa shape index (κ1) is 5.91. The molecule has 0 amide bonds. The summed E-state index contributed by atoms with van der Waals surface area (Å²) in [7, 11) is 0. The monoisotopic (exact) mass is 115 g/mol. The van der Waals surface area contributed by atoms with Crippen molar-refractivity contribution in [2.24, 2.45) is 0 Å². The predicted octanol–water partition coefficient (Wildman–Crippen LogP) is 1.85. The minimum Gasteiger partial charge on any atom is -0.115 e. The van der Waals surface area contributed by atoms with E-state index >= 15 is 0 Å². The van der Waals surface area contributed by atoms with Crippen LogP contribution in [0.5, 0.6) is 0 Å². The molecule has 0 fully saturated rings. The van der Waals surface area contributed by atoms with Crippen LogP contribution in [0.15, 0.2) is 24.3 Å². The van der Waals surface area contributed by atoms with E-state index in [0.29, 0.717) is 0 Å². The predicted molar refractivity (Wildman–Crippen MR) is 38.8 cm³/mol. The van der Waals surface area contributed by atoms with Gasteiger partial charge in [0.2, 0.25) is 0 Å². The Morgan fingerprint density at radius 1 is 1.44 bits per heavy atom. The van der Waals surface area contributed by atoms with Crippen LogP contribution >= 0.6 is 0 Å². The van der Waals surface area contributed by atoms with E-state index in [-0.39, 0.29) is 0 Å². The quantitative estimate of drug-likeness (QED) is 0.453. The largest absolute Gasteiger partial charge is 0.115 e. The van der Waals surface area contributed by atoms with Crippen LogP contribution in [0.2, 0.25) is 0 Å². The maximum atomic E-state index is 5.14. The van der Waals surface area contributed by atoms with Crippen molar-refractivity contribution in [1.29, 1.82) is 0 Å². The Balaban J connectivity index is 3.12. The molecule has 1 aromatic rings. The maximum absolute atomic E-state index is 5.14. The Morgan fingerprint density at radius 2 is 2.22 bits per heavy atom. The summed E-state index contributed by atoms with van der Waals surface area (Å²) in [4.78, 5) is 0. The van der Waals surface area contributed by atoms with Gasteiger partial charge in [-0.3, -0.25) is 0 Å². The van der Waals surface area contributed by atoms with E-state index in [1.54, 1.807) is 0 Å². The molecule has 1 rings (SSSR count). The third kappa shape index (κ3) is 1.33. The zero-order valence-corrected chi connectivity index (χ0v) is 5.09. The first-order chi connectivity index (χ1) is 4.33. The van der Waals surface area contributed by atoms with Crippen molar-refractivity contribution in [3.8, 4) is 12.3 Å². The van der Waals surface area contributed by atoms with Crippen LogP contribution in [-0.2, 0) is 0 Å². The van der Waals surface area contributed by atoms with E-state index < -0.39 is 0 Å². The molecular weight excluding hydrogens is 108 g/mol. The van der Waals surface area contributed by atoms with Gasteiger partial charge in [0.05, 0.1) is 0 Å². The van der Waals surface area contributed by atoms with Gasteiger partial charge in [-0.05, 0) is 24.6 Å². The van der Waals surface area contributed by atoms with Crippen LogP contribution in [0.1, 0.15) is 11.1 Å². The molecule has 0 bridgehead atoms. The second-order valence-corrected chi connectivity index (χ2v) is 1.84. The Bertz CT molecular complexity index is 240. The molecule has 0 heteroatoms. The molecule has 9 heavy (non-hydrogen) atoms. The number of hydrogen-bond donors (Lipinski definition) is 0. The van der Waals surface area contributed by atoms with Gasteiger partial charge in [0.25, 0.3) is 0 Å². The third-order valence-corrected chi connectivity index (χ3v) is 1.09. The number of benzene rings is 1. The van der Waals surface area contributed by atoms with E-state index in [1.165, 1.54) is 0 Å². The van der Waals surface area contributed by atoms with Crippen molar-refractivity contribution in [3.05, 3.63) is 42.3 Å². The Morgan fingerprint density at radius 3 is 2.67 bits per heavy atom. The Kier molecular flexibility index (Phi) is 1.55. The zero-order chi connectivity index (χ0) is 6.69. The van der Waals surface area contributed by atoms with Crippen LogP contribution in [0.25, 0.3) is 0 Å². The number of rotatable bonds is 0. The number of terminal acetylenes is 1. The van der Waals surface area contributed by atoms with Gasteiger partial charge >= 0.3 is 0 Å². The van der Waals surface area contributed by atoms with Gasteiger partial charge in [0, 0.05) is 5.56 Å². The van der Waals surface area contributed by atoms with Crippen LogP contribution < -0.4 is 0 Å². The summed E-state index contributed by atoms with van der Waals surface area (Å²) in [5.74, 6) is 2.53. The van der Waals surface area contributed by atoms with E-state index in [2.05, 4.69) is 12.8 Å². The summed E-state index contributed by atoms with van der Waals surface area (Å²) in [6.07, 6.45) is 5.14. The summed E-state index contributed by atoms with van der Waals surface area (Å²) in [6, 6.07) is 7.58. The van der Waals surface area contributed by atoms with Gasteiger partial charge in [0.1, 0.15) is 0 Å². The summed E-state index contributed by atoms with van der Waals surface area (Å²) in [5.41, 5.74) is 1.85. The molecule has 0 aromatic heterocycles. The molecule has 0 unspecified atom stereocenters. The molecule has 0 N–H and O–H groups in total. The van der Waals surface area contributed by atoms with Crippen molar-refractivity contribution in [2.45, 2.75) is 0 Å². The Hall–Kier alpha value is -1.22. The molecule has 0 aliphatic heterocycles. The highest BCUT2D eigenvalue weighted by Gasteiger charge is 1.83. The molecule has 0 saturated heterocycles. The molecule has 0 heterocycles. The highest BCUT2D eigenvalue weighted by Crippen LogP contribution is 2.00. The third-order valence-electron chi connectivity index (χ3n) is 1.09.